The van der Waals surface area contributed by atoms with Crippen LogP contribution in [0.15, 0.2) is 24.3 Å². The van der Waals surface area contributed by atoms with E-state index in [9.17, 15) is 9.59 Å². The highest BCUT2D eigenvalue weighted by molar-refractivity contribution is 5.94. The Balaban J connectivity index is 2.65. The van der Waals surface area contributed by atoms with Crippen molar-refractivity contribution in [3.63, 3.8) is 0 Å². The average Bonchev–Trinajstić information content (AvgIpc) is 2.48. The molecule has 0 spiro atoms. The summed E-state index contributed by atoms with van der Waals surface area (Å²) in [5, 5.41) is 6.64. The van der Waals surface area contributed by atoms with Crippen molar-refractivity contribution in [3.8, 4) is 0 Å². The van der Waals surface area contributed by atoms with Crippen molar-refractivity contribution in [2.24, 2.45) is 5.92 Å². The van der Waals surface area contributed by atoms with Gasteiger partial charge in [-0.3, -0.25) is 10.1 Å². The lowest BCUT2D eigenvalue weighted by molar-refractivity contribution is -0.692. The van der Waals surface area contributed by atoms with E-state index in [1.807, 2.05) is 5.32 Å². The van der Waals surface area contributed by atoms with Gasteiger partial charge in [0.05, 0.1) is 0 Å². The Kier molecular flexibility index (Phi) is 7.60. The van der Waals surface area contributed by atoms with Gasteiger partial charge in [0, 0.05) is 18.5 Å². The Morgan fingerprint density at radius 1 is 1.18 bits per heavy atom. The molecule has 0 heterocycles. The quantitative estimate of drug-likeness (QED) is 0.711. The molecule has 0 saturated carbocycles. The van der Waals surface area contributed by atoms with Crippen molar-refractivity contribution in [2.75, 3.05) is 13.6 Å². The van der Waals surface area contributed by atoms with Crippen molar-refractivity contribution >= 4 is 11.9 Å². The SMILES string of the molecule is CCCc1ccc([C@H]([NH2+]CC(=O)NC(=O)NC)C(C)C)cc1. The van der Waals surface area contributed by atoms with Crippen LogP contribution < -0.4 is 16.0 Å². The predicted molar refractivity (Wildman–Crippen MR) is 87.4 cm³/mol. The zero-order valence-electron chi connectivity index (χ0n) is 14.0. The maximum absolute atomic E-state index is 11.7. The molecule has 0 aliphatic rings. The molecule has 5 nitrogen and oxygen atoms in total. The number of hydrogen-bond acceptors (Lipinski definition) is 2. The van der Waals surface area contributed by atoms with Crippen molar-refractivity contribution in [1.82, 2.24) is 10.6 Å². The second-order valence-electron chi connectivity index (χ2n) is 5.83. The second kappa shape index (κ2) is 9.20. The Hall–Kier alpha value is -1.88. The van der Waals surface area contributed by atoms with Crippen LogP contribution in [-0.4, -0.2) is 25.5 Å². The summed E-state index contributed by atoms with van der Waals surface area (Å²) in [6.45, 7) is 6.67. The summed E-state index contributed by atoms with van der Waals surface area (Å²) in [6, 6.07) is 8.33. The van der Waals surface area contributed by atoms with Gasteiger partial charge in [-0.05, 0) is 12.0 Å². The normalized spacial score (nSPS) is 12.0. The number of aryl methyl sites for hydroxylation is 1. The van der Waals surface area contributed by atoms with Crippen LogP contribution in [0.4, 0.5) is 4.79 Å². The van der Waals surface area contributed by atoms with Crippen LogP contribution in [0.25, 0.3) is 0 Å². The zero-order chi connectivity index (χ0) is 16.5. The lowest BCUT2D eigenvalue weighted by Gasteiger charge is -2.19. The Morgan fingerprint density at radius 3 is 2.32 bits per heavy atom. The first kappa shape index (κ1) is 18.2. The molecule has 0 fully saturated rings. The fourth-order valence-electron chi connectivity index (χ4n) is 2.46. The first-order valence-electron chi connectivity index (χ1n) is 7.91. The monoisotopic (exact) mass is 306 g/mol. The number of urea groups is 1. The van der Waals surface area contributed by atoms with Crippen molar-refractivity contribution in [2.45, 2.75) is 39.7 Å². The summed E-state index contributed by atoms with van der Waals surface area (Å²) in [6.07, 6.45) is 2.23. The van der Waals surface area contributed by atoms with Crippen LogP contribution in [0.3, 0.4) is 0 Å². The van der Waals surface area contributed by atoms with Gasteiger partial charge in [0.25, 0.3) is 5.91 Å². The van der Waals surface area contributed by atoms with Gasteiger partial charge < -0.3 is 10.6 Å². The van der Waals surface area contributed by atoms with Gasteiger partial charge in [0.15, 0.2) is 6.54 Å². The van der Waals surface area contributed by atoms with Crippen LogP contribution in [0.5, 0.6) is 0 Å². The van der Waals surface area contributed by atoms with Crippen LogP contribution in [0, 0.1) is 5.92 Å². The van der Waals surface area contributed by atoms with E-state index in [2.05, 4.69) is 55.7 Å². The number of nitrogens with two attached hydrogens (primary N) is 1. The van der Waals surface area contributed by atoms with Gasteiger partial charge in [0.1, 0.15) is 6.04 Å². The van der Waals surface area contributed by atoms with Gasteiger partial charge >= 0.3 is 6.03 Å². The minimum absolute atomic E-state index is 0.200. The molecule has 0 radical (unpaired) electrons. The highest BCUT2D eigenvalue weighted by Crippen LogP contribution is 2.18. The minimum atomic E-state index is -0.469. The van der Waals surface area contributed by atoms with Crippen molar-refractivity contribution in [1.29, 1.82) is 0 Å². The van der Waals surface area contributed by atoms with Crippen LogP contribution >= 0.6 is 0 Å². The number of rotatable bonds is 7. The summed E-state index contributed by atoms with van der Waals surface area (Å²) < 4.78 is 0. The number of carbonyl (C=O) groups is 2. The molecular weight excluding hydrogens is 278 g/mol. The van der Waals surface area contributed by atoms with Crippen LogP contribution in [0.2, 0.25) is 0 Å². The number of quaternary nitrogens is 1. The van der Waals surface area contributed by atoms with E-state index in [1.54, 1.807) is 0 Å². The van der Waals surface area contributed by atoms with E-state index < -0.39 is 6.03 Å². The van der Waals surface area contributed by atoms with E-state index in [1.165, 1.54) is 18.2 Å². The third-order valence-electron chi connectivity index (χ3n) is 3.66. The average molecular weight is 306 g/mol. The Labute approximate surface area is 132 Å². The summed E-state index contributed by atoms with van der Waals surface area (Å²) >= 11 is 0. The summed E-state index contributed by atoms with van der Waals surface area (Å²) in [7, 11) is 1.49. The smallest absolute Gasteiger partial charge is 0.321 e. The van der Waals surface area contributed by atoms with Crippen molar-refractivity contribution in [3.05, 3.63) is 35.4 Å². The number of benzene rings is 1. The molecule has 122 valence electrons. The number of amides is 3. The molecule has 1 atom stereocenters. The van der Waals surface area contributed by atoms with E-state index in [-0.39, 0.29) is 18.5 Å². The fourth-order valence-corrected chi connectivity index (χ4v) is 2.46. The number of imide groups is 1. The largest absolute Gasteiger partial charge is 0.341 e. The van der Waals surface area contributed by atoms with Gasteiger partial charge in [-0.2, -0.15) is 0 Å². The lowest BCUT2D eigenvalue weighted by atomic mass is 9.94. The molecule has 0 aliphatic heterocycles. The Morgan fingerprint density at radius 2 is 1.82 bits per heavy atom. The summed E-state index contributed by atoms with van der Waals surface area (Å²) in [5.74, 6) is 0.109. The van der Waals surface area contributed by atoms with Crippen LogP contribution in [0.1, 0.15) is 44.4 Å². The first-order valence-corrected chi connectivity index (χ1v) is 7.91. The molecule has 22 heavy (non-hydrogen) atoms. The molecule has 0 saturated heterocycles. The van der Waals surface area contributed by atoms with Gasteiger partial charge in [-0.1, -0.05) is 51.5 Å². The molecule has 5 heteroatoms. The van der Waals surface area contributed by atoms with E-state index in [4.69, 9.17) is 0 Å². The molecule has 1 rings (SSSR count). The maximum Gasteiger partial charge on any atom is 0.321 e. The van der Waals surface area contributed by atoms with Crippen LogP contribution in [-0.2, 0) is 11.2 Å². The molecule has 1 aromatic rings. The fraction of sp³-hybridized carbons (Fsp3) is 0.529. The van der Waals surface area contributed by atoms with E-state index in [0.717, 1.165) is 12.8 Å². The van der Waals surface area contributed by atoms with E-state index >= 15 is 0 Å². The lowest BCUT2D eigenvalue weighted by Crippen LogP contribution is -2.88. The predicted octanol–water partition coefficient (Wildman–Crippen LogP) is 1.36. The maximum atomic E-state index is 11.7. The number of carbonyl (C=O) groups excluding carboxylic acids is 2. The van der Waals surface area contributed by atoms with Gasteiger partial charge in [-0.15, -0.1) is 0 Å². The minimum Gasteiger partial charge on any atom is -0.341 e. The molecule has 0 aromatic heterocycles. The molecule has 0 aliphatic carbocycles. The molecule has 0 bridgehead atoms. The first-order chi connectivity index (χ1) is 10.5. The Bertz CT molecular complexity index is 483. The summed E-state index contributed by atoms with van der Waals surface area (Å²) in [4.78, 5) is 22.8. The topological polar surface area (TPSA) is 74.8 Å². The standard InChI is InChI=1S/C17H27N3O2/c1-5-6-13-7-9-14(10-8-13)16(12(2)3)19-11-15(21)20-17(22)18-4/h7-10,12,16,19H,5-6,11H2,1-4H3,(H2,18,20,21,22)/p+1/t16-/m1/s1. The third kappa shape index (κ3) is 5.85. The van der Waals surface area contributed by atoms with Gasteiger partial charge in [0.2, 0.25) is 0 Å². The summed E-state index contributed by atoms with van der Waals surface area (Å²) in [5.41, 5.74) is 2.55. The van der Waals surface area contributed by atoms with Gasteiger partial charge in [-0.25, -0.2) is 4.79 Å². The molecule has 0 unspecified atom stereocenters. The molecule has 4 N–H and O–H groups in total. The second-order valence-corrected chi connectivity index (χ2v) is 5.83. The third-order valence-corrected chi connectivity index (χ3v) is 3.66. The van der Waals surface area contributed by atoms with Crippen molar-refractivity contribution < 1.29 is 14.9 Å². The number of nitrogens with one attached hydrogen (secondary N) is 2. The molecule has 3 amide bonds. The molecular formula is C17H28N3O2+. The highest BCUT2D eigenvalue weighted by atomic mass is 16.2. The number of hydrogen-bond donors (Lipinski definition) is 3. The zero-order valence-corrected chi connectivity index (χ0v) is 14.0. The van der Waals surface area contributed by atoms with E-state index in [0.29, 0.717) is 5.92 Å². The highest BCUT2D eigenvalue weighted by Gasteiger charge is 2.20. The molecule has 1 aromatic carbocycles.